The maximum absolute atomic E-state index is 13.6. The van der Waals surface area contributed by atoms with Gasteiger partial charge in [0.25, 0.3) is 0 Å². The number of carbonyl (C=O) groups excluding carboxylic acids is 1. The molecule has 2 aromatic carbocycles. The lowest BCUT2D eigenvalue weighted by atomic mass is 9.79. The summed E-state index contributed by atoms with van der Waals surface area (Å²) in [5.41, 5.74) is 29.2. The van der Waals surface area contributed by atoms with Crippen LogP contribution in [-0.4, -0.2) is 64.9 Å². The van der Waals surface area contributed by atoms with Crippen LogP contribution in [0.3, 0.4) is 0 Å². The van der Waals surface area contributed by atoms with E-state index in [0.29, 0.717) is 19.3 Å². The molecule has 0 radical (unpaired) electrons. The maximum Gasteiger partial charge on any atom is 0.410 e. The third kappa shape index (κ3) is 8.58. The first-order chi connectivity index (χ1) is 21.9. The largest absolute Gasteiger partial charge is 0.445 e. The summed E-state index contributed by atoms with van der Waals surface area (Å²) in [5, 5.41) is 22.6. The van der Waals surface area contributed by atoms with Crippen molar-refractivity contribution < 1.29 is 24.1 Å². The highest BCUT2D eigenvalue weighted by molar-refractivity contribution is 5.68. The predicted octanol–water partition coefficient (Wildman–Crippen LogP) is 6.93. The van der Waals surface area contributed by atoms with Gasteiger partial charge in [0.15, 0.2) is 6.29 Å². The van der Waals surface area contributed by atoms with E-state index >= 15 is 0 Å². The molecule has 1 aliphatic heterocycles. The zero-order valence-corrected chi connectivity index (χ0v) is 25.3. The van der Waals surface area contributed by atoms with Gasteiger partial charge < -0.3 is 19.3 Å². The van der Waals surface area contributed by atoms with Gasteiger partial charge in [-0.05, 0) is 59.3 Å². The van der Waals surface area contributed by atoms with Crippen LogP contribution in [0.5, 0.6) is 0 Å². The quantitative estimate of drug-likeness (QED) is 0.152. The molecule has 15 nitrogen and oxygen atoms in total. The monoisotopic (exact) mass is 618 g/mol. The van der Waals surface area contributed by atoms with Crippen molar-refractivity contribution in [3.63, 3.8) is 0 Å². The first-order valence-corrected chi connectivity index (χ1v) is 15.0. The van der Waals surface area contributed by atoms with Crippen molar-refractivity contribution in [1.29, 1.82) is 0 Å². The molecule has 0 unspecified atom stereocenters. The highest BCUT2D eigenvalue weighted by atomic mass is 16.7. The smallest absolute Gasteiger partial charge is 0.410 e. The van der Waals surface area contributed by atoms with Gasteiger partial charge in [0.05, 0.1) is 36.4 Å². The van der Waals surface area contributed by atoms with Gasteiger partial charge in [-0.1, -0.05) is 89.9 Å². The summed E-state index contributed by atoms with van der Waals surface area (Å²) in [6.45, 7) is 4.05. The van der Waals surface area contributed by atoms with E-state index in [1.54, 1.807) is 11.8 Å². The van der Waals surface area contributed by atoms with Crippen LogP contribution in [-0.2, 0) is 27.4 Å². The summed E-state index contributed by atoms with van der Waals surface area (Å²) in [6, 6.07) is 16.3. The fraction of sp³-hybridized carbons (Fsp3) is 0.567. The maximum atomic E-state index is 13.6. The summed E-state index contributed by atoms with van der Waals surface area (Å²) in [4.78, 5) is 24.0. The molecule has 4 rings (SSSR count). The number of aliphatic hydroxyl groups is 1. The van der Waals surface area contributed by atoms with Crippen molar-refractivity contribution >= 4 is 6.09 Å². The van der Waals surface area contributed by atoms with Crippen molar-refractivity contribution in [2.45, 2.75) is 101 Å². The zero-order chi connectivity index (χ0) is 32.2. The van der Waals surface area contributed by atoms with Gasteiger partial charge in [-0.25, -0.2) is 4.79 Å². The average molecular weight is 619 g/mol. The van der Waals surface area contributed by atoms with Gasteiger partial charge in [0.2, 0.25) is 0 Å². The minimum atomic E-state index is -1.16. The number of azide groups is 3. The number of aliphatic hydroxyl groups excluding tert-OH is 1. The van der Waals surface area contributed by atoms with Gasteiger partial charge in [0, 0.05) is 27.3 Å². The summed E-state index contributed by atoms with van der Waals surface area (Å²) in [7, 11) is 0. The van der Waals surface area contributed by atoms with Crippen LogP contribution in [0, 0.1) is 5.92 Å². The lowest BCUT2D eigenvalue weighted by Gasteiger charge is -2.45. The number of hydrogen-bond acceptors (Lipinski definition) is 8. The van der Waals surface area contributed by atoms with E-state index in [-0.39, 0.29) is 19.6 Å². The van der Waals surface area contributed by atoms with Crippen LogP contribution in [0.4, 0.5) is 4.79 Å². The van der Waals surface area contributed by atoms with Crippen LogP contribution in [0.1, 0.15) is 50.7 Å². The number of ether oxygens (including phenoxy) is 3. The number of nitrogens with zero attached hydrogens (tertiary/aromatic N) is 10. The molecule has 1 N–H and O–H groups in total. The summed E-state index contributed by atoms with van der Waals surface area (Å²) in [6.07, 6.45) is -2.79. The van der Waals surface area contributed by atoms with E-state index in [4.69, 9.17) is 19.7 Å². The molecule has 1 aliphatic carbocycles. The lowest BCUT2D eigenvalue weighted by Crippen LogP contribution is -2.56. The predicted molar refractivity (Wildman–Crippen MR) is 164 cm³/mol. The van der Waals surface area contributed by atoms with Crippen LogP contribution in [0.15, 0.2) is 76.0 Å². The Morgan fingerprint density at radius 3 is 2.18 bits per heavy atom. The molecule has 2 fully saturated rings. The second kappa shape index (κ2) is 16.6. The third-order valence-corrected chi connectivity index (χ3v) is 8.49. The molecule has 238 valence electrons. The van der Waals surface area contributed by atoms with Gasteiger partial charge >= 0.3 is 6.09 Å². The highest BCUT2D eigenvalue weighted by Crippen LogP contribution is 2.36. The molecule has 9 atom stereocenters. The van der Waals surface area contributed by atoms with E-state index in [9.17, 15) is 21.0 Å². The van der Waals surface area contributed by atoms with Crippen LogP contribution in [0.25, 0.3) is 31.3 Å². The van der Waals surface area contributed by atoms with Gasteiger partial charge in [-0.15, -0.1) is 0 Å². The van der Waals surface area contributed by atoms with Crippen molar-refractivity contribution in [2.24, 2.45) is 21.3 Å². The zero-order valence-electron chi connectivity index (χ0n) is 25.3. The van der Waals surface area contributed by atoms with Crippen LogP contribution >= 0.6 is 0 Å². The molecule has 0 aromatic heterocycles. The molecular formula is C30H38N10O5. The molecule has 15 heteroatoms. The van der Waals surface area contributed by atoms with Crippen LogP contribution < -0.4 is 0 Å². The van der Waals surface area contributed by atoms with Crippen molar-refractivity contribution in [3.05, 3.63) is 103 Å². The summed E-state index contributed by atoms with van der Waals surface area (Å²) >= 11 is 0. The van der Waals surface area contributed by atoms with E-state index < -0.39 is 60.8 Å². The molecule has 1 saturated heterocycles. The molecule has 0 bridgehead atoms. The Labute approximate surface area is 261 Å². The Hall–Kier alpha value is -4.48. The topological polar surface area (TPSA) is 215 Å². The Morgan fingerprint density at radius 2 is 1.56 bits per heavy atom. The molecule has 45 heavy (non-hydrogen) atoms. The molecule has 1 amide bonds. The van der Waals surface area contributed by atoms with Gasteiger partial charge in [-0.2, -0.15) is 0 Å². The SMILES string of the molecule is CC[C@H]([C@@H]1CC[C@@H](N=[N+]=[N-])[C@@H](O[C@H]2[C@H](O)[C@@H](C)[C@H](N=[N+]=[N-])C[C@@H]2N=[N+]=[N-])O1)N(Cc1ccccc1)C(=O)OCc1ccccc1. The Bertz CT molecular complexity index is 1400. The second-order valence-electron chi connectivity index (χ2n) is 11.3. The van der Waals surface area contributed by atoms with Crippen molar-refractivity contribution in [1.82, 2.24) is 4.90 Å². The van der Waals surface area contributed by atoms with Crippen molar-refractivity contribution in [2.75, 3.05) is 0 Å². The minimum absolute atomic E-state index is 0.104. The molecule has 1 saturated carbocycles. The second-order valence-corrected chi connectivity index (χ2v) is 11.3. The fourth-order valence-corrected chi connectivity index (χ4v) is 6.04. The van der Waals surface area contributed by atoms with E-state index in [1.165, 1.54) is 0 Å². The minimum Gasteiger partial charge on any atom is -0.445 e. The van der Waals surface area contributed by atoms with E-state index in [1.807, 2.05) is 67.6 Å². The lowest BCUT2D eigenvalue weighted by molar-refractivity contribution is -0.256. The number of hydrogen-bond donors (Lipinski definition) is 1. The fourth-order valence-electron chi connectivity index (χ4n) is 6.04. The van der Waals surface area contributed by atoms with Crippen LogP contribution in [0.2, 0.25) is 0 Å². The standard InChI is InChI=1S/C30H38N10O5/c1-3-25(40(17-20-10-6-4-7-11-20)30(42)43-18-21-12-8-5-9-13-21)26-15-14-22(34-37-31)29(44-26)45-28-24(36-39-33)16-23(35-38-32)19(2)27(28)41/h4-13,19,22-29,41H,3,14-18H2,1-2H3/t19-,22+,23+,24-,25+,26-,27+,28+,29+/m0/s1. The molecule has 2 aliphatic rings. The normalized spacial score (nSPS) is 28.3. The molecule has 2 aromatic rings. The average Bonchev–Trinajstić information content (AvgIpc) is 3.06. The first-order valence-electron chi connectivity index (χ1n) is 15.0. The summed E-state index contributed by atoms with van der Waals surface area (Å²) < 4.78 is 18.5. The highest BCUT2D eigenvalue weighted by Gasteiger charge is 2.46. The van der Waals surface area contributed by atoms with Gasteiger partial charge in [-0.3, -0.25) is 4.90 Å². The number of amides is 1. The molecular weight excluding hydrogens is 580 g/mol. The van der Waals surface area contributed by atoms with E-state index in [2.05, 4.69) is 30.1 Å². The van der Waals surface area contributed by atoms with Crippen molar-refractivity contribution in [3.8, 4) is 0 Å². The number of rotatable bonds is 12. The Kier molecular flexibility index (Phi) is 12.3. The van der Waals surface area contributed by atoms with E-state index in [0.717, 1.165) is 11.1 Å². The Morgan fingerprint density at radius 1 is 0.956 bits per heavy atom. The summed E-state index contributed by atoms with van der Waals surface area (Å²) in [5.74, 6) is -0.502. The number of carbonyl (C=O) groups is 1. The molecule has 1 heterocycles. The number of benzene rings is 2. The third-order valence-electron chi connectivity index (χ3n) is 8.49. The van der Waals surface area contributed by atoms with Gasteiger partial charge in [0.1, 0.15) is 6.61 Å². The molecule has 0 spiro atoms. The Balaban J connectivity index is 1.58. The first kappa shape index (κ1) is 33.4.